The van der Waals surface area contributed by atoms with Crippen molar-refractivity contribution >= 4 is 23.5 Å². The van der Waals surface area contributed by atoms with E-state index in [2.05, 4.69) is 5.10 Å². The SMILES string of the molecule is CCn1nccc1C(O)C1CSCCS1. The van der Waals surface area contributed by atoms with Crippen LogP contribution in [0.15, 0.2) is 12.3 Å². The largest absolute Gasteiger partial charge is 0.386 e. The van der Waals surface area contributed by atoms with Gasteiger partial charge in [0.2, 0.25) is 0 Å². The van der Waals surface area contributed by atoms with Gasteiger partial charge in [-0.25, -0.2) is 0 Å². The third-order valence-electron chi connectivity index (χ3n) is 2.55. The number of nitrogens with zero attached hydrogens (tertiary/aromatic N) is 2. The van der Waals surface area contributed by atoms with Crippen molar-refractivity contribution in [1.29, 1.82) is 0 Å². The molecule has 1 aliphatic heterocycles. The molecule has 3 nitrogen and oxygen atoms in total. The van der Waals surface area contributed by atoms with E-state index in [4.69, 9.17) is 0 Å². The highest BCUT2D eigenvalue weighted by molar-refractivity contribution is 8.06. The Balaban J connectivity index is 2.08. The van der Waals surface area contributed by atoms with Crippen LogP contribution < -0.4 is 0 Å². The quantitative estimate of drug-likeness (QED) is 0.879. The predicted molar refractivity (Wildman–Crippen MR) is 66.4 cm³/mol. The summed E-state index contributed by atoms with van der Waals surface area (Å²) in [4.78, 5) is 0. The van der Waals surface area contributed by atoms with Gasteiger partial charge in [0, 0.05) is 35.3 Å². The summed E-state index contributed by atoms with van der Waals surface area (Å²) in [6.45, 7) is 2.87. The smallest absolute Gasteiger partial charge is 0.108 e. The molecule has 0 aromatic carbocycles. The average molecular weight is 244 g/mol. The van der Waals surface area contributed by atoms with Crippen LogP contribution in [0.25, 0.3) is 0 Å². The minimum atomic E-state index is -0.370. The summed E-state index contributed by atoms with van der Waals surface area (Å²) >= 11 is 3.81. The average Bonchev–Trinajstić information content (AvgIpc) is 2.77. The molecule has 1 aromatic rings. The fourth-order valence-electron chi connectivity index (χ4n) is 1.74. The molecule has 1 fully saturated rings. The van der Waals surface area contributed by atoms with E-state index in [9.17, 15) is 5.11 Å². The normalized spacial score (nSPS) is 24.0. The number of hydrogen-bond donors (Lipinski definition) is 1. The lowest BCUT2D eigenvalue weighted by Crippen LogP contribution is -2.24. The maximum Gasteiger partial charge on any atom is 0.108 e. The van der Waals surface area contributed by atoms with Gasteiger partial charge in [0.25, 0.3) is 0 Å². The van der Waals surface area contributed by atoms with Crippen molar-refractivity contribution in [3.05, 3.63) is 18.0 Å². The fraction of sp³-hybridized carbons (Fsp3) is 0.700. The van der Waals surface area contributed by atoms with Crippen LogP contribution in [0, 0.1) is 0 Å². The van der Waals surface area contributed by atoms with E-state index in [0.29, 0.717) is 5.25 Å². The van der Waals surface area contributed by atoms with Crippen molar-refractivity contribution in [2.45, 2.75) is 24.8 Å². The van der Waals surface area contributed by atoms with Gasteiger partial charge in [-0.1, -0.05) is 0 Å². The van der Waals surface area contributed by atoms with Crippen LogP contribution in [0.2, 0.25) is 0 Å². The maximum absolute atomic E-state index is 10.3. The molecule has 1 aromatic heterocycles. The first-order valence-corrected chi connectivity index (χ1v) is 7.42. The fourth-order valence-corrected chi connectivity index (χ4v) is 4.47. The van der Waals surface area contributed by atoms with Crippen molar-refractivity contribution in [2.24, 2.45) is 0 Å². The molecule has 1 aliphatic rings. The molecule has 0 spiro atoms. The molecule has 2 heterocycles. The number of thioether (sulfide) groups is 2. The van der Waals surface area contributed by atoms with Crippen LogP contribution in [0.4, 0.5) is 0 Å². The second kappa shape index (κ2) is 5.27. The summed E-state index contributed by atoms with van der Waals surface area (Å²) in [7, 11) is 0. The van der Waals surface area contributed by atoms with Gasteiger partial charge < -0.3 is 5.11 Å². The lowest BCUT2D eigenvalue weighted by molar-refractivity contribution is 0.169. The highest BCUT2D eigenvalue weighted by Gasteiger charge is 2.26. The van der Waals surface area contributed by atoms with Gasteiger partial charge in [0.05, 0.1) is 5.69 Å². The zero-order valence-electron chi connectivity index (χ0n) is 8.80. The van der Waals surface area contributed by atoms with Gasteiger partial charge in [-0.15, -0.1) is 0 Å². The molecule has 15 heavy (non-hydrogen) atoms. The molecule has 2 atom stereocenters. The second-order valence-electron chi connectivity index (χ2n) is 3.50. The molecule has 5 heteroatoms. The predicted octanol–water partition coefficient (Wildman–Crippen LogP) is 1.78. The van der Waals surface area contributed by atoms with E-state index in [0.717, 1.165) is 23.7 Å². The molecule has 2 rings (SSSR count). The Morgan fingerprint density at radius 2 is 2.53 bits per heavy atom. The first-order valence-electron chi connectivity index (χ1n) is 5.22. The number of aliphatic hydroxyl groups excluding tert-OH is 1. The third kappa shape index (κ3) is 2.52. The zero-order chi connectivity index (χ0) is 10.7. The molecule has 0 saturated carbocycles. The summed E-state index contributed by atoms with van der Waals surface area (Å²) in [5.41, 5.74) is 0.956. The van der Waals surface area contributed by atoms with Crippen LogP contribution >= 0.6 is 23.5 Å². The van der Waals surface area contributed by atoms with Gasteiger partial charge in [-0.05, 0) is 13.0 Å². The second-order valence-corrected chi connectivity index (χ2v) is 6.00. The maximum atomic E-state index is 10.3. The van der Waals surface area contributed by atoms with E-state index in [1.54, 1.807) is 6.20 Å². The zero-order valence-corrected chi connectivity index (χ0v) is 10.4. The first kappa shape index (κ1) is 11.4. The number of rotatable bonds is 3. The number of aliphatic hydroxyl groups is 1. The van der Waals surface area contributed by atoms with Gasteiger partial charge in [0.1, 0.15) is 6.10 Å². The van der Waals surface area contributed by atoms with E-state index in [1.807, 2.05) is 41.2 Å². The summed E-state index contributed by atoms with van der Waals surface area (Å²) in [6, 6.07) is 1.92. The van der Waals surface area contributed by atoms with Gasteiger partial charge in [-0.2, -0.15) is 28.6 Å². The molecule has 0 aliphatic carbocycles. The van der Waals surface area contributed by atoms with Crippen LogP contribution in [-0.4, -0.2) is 37.4 Å². The van der Waals surface area contributed by atoms with Crippen LogP contribution in [-0.2, 0) is 6.54 Å². The van der Waals surface area contributed by atoms with Crippen molar-refractivity contribution in [1.82, 2.24) is 9.78 Å². The van der Waals surface area contributed by atoms with Crippen molar-refractivity contribution in [3.8, 4) is 0 Å². The monoisotopic (exact) mass is 244 g/mol. The Bertz CT molecular complexity index is 310. The van der Waals surface area contributed by atoms with Gasteiger partial charge >= 0.3 is 0 Å². The molecule has 0 bridgehead atoms. The van der Waals surface area contributed by atoms with Gasteiger partial charge in [-0.3, -0.25) is 4.68 Å². The Kier molecular flexibility index (Phi) is 3.99. The molecule has 84 valence electrons. The van der Waals surface area contributed by atoms with E-state index >= 15 is 0 Å². The van der Waals surface area contributed by atoms with Crippen molar-refractivity contribution < 1.29 is 5.11 Å². The number of aromatic nitrogens is 2. The molecule has 1 N–H and O–H groups in total. The standard InChI is InChI=1S/C10H16N2OS2/c1-2-12-8(3-4-11-12)10(13)9-7-14-5-6-15-9/h3-4,9-10,13H,2,5-7H2,1H3. The lowest BCUT2D eigenvalue weighted by atomic mass is 10.2. The van der Waals surface area contributed by atoms with E-state index < -0.39 is 0 Å². The Morgan fingerprint density at radius 3 is 3.20 bits per heavy atom. The number of hydrogen-bond acceptors (Lipinski definition) is 4. The Hall–Kier alpha value is -0.130. The molecule has 2 unspecified atom stereocenters. The Labute approximate surface area is 98.6 Å². The van der Waals surface area contributed by atoms with Crippen LogP contribution in [0.5, 0.6) is 0 Å². The van der Waals surface area contributed by atoms with Crippen LogP contribution in [0.3, 0.4) is 0 Å². The minimum absolute atomic E-state index is 0.325. The summed E-state index contributed by atoms with van der Waals surface area (Å²) in [5.74, 6) is 3.40. The minimum Gasteiger partial charge on any atom is -0.386 e. The molecule has 0 amide bonds. The van der Waals surface area contributed by atoms with Crippen molar-refractivity contribution in [3.63, 3.8) is 0 Å². The van der Waals surface area contributed by atoms with Gasteiger partial charge in [0.15, 0.2) is 0 Å². The highest BCUT2D eigenvalue weighted by Crippen LogP contribution is 2.33. The van der Waals surface area contributed by atoms with Crippen molar-refractivity contribution in [2.75, 3.05) is 17.3 Å². The number of aryl methyl sites for hydroxylation is 1. The first-order chi connectivity index (χ1) is 7.33. The lowest BCUT2D eigenvalue weighted by Gasteiger charge is -2.26. The van der Waals surface area contributed by atoms with Crippen LogP contribution in [0.1, 0.15) is 18.7 Å². The summed E-state index contributed by atoms with van der Waals surface area (Å²) in [5, 5.41) is 14.8. The molecule has 0 radical (unpaired) electrons. The molecular formula is C10H16N2OS2. The topological polar surface area (TPSA) is 38.0 Å². The summed E-state index contributed by atoms with van der Waals surface area (Å²) < 4.78 is 1.88. The Morgan fingerprint density at radius 1 is 1.67 bits per heavy atom. The molecule has 1 saturated heterocycles. The highest BCUT2D eigenvalue weighted by atomic mass is 32.2. The molecular weight excluding hydrogens is 228 g/mol. The summed E-state index contributed by atoms with van der Waals surface area (Å²) in [6.07, 6.45) is 1.40. The third-order valence-corrected chi connectivity index (χ3v) is 5.40. The van der Waals surface area contributed by atoms with E-state index in [1.165, 1.54) is 5.75 Å². The van der Waals surface area contributed by atoms with E-state index in [-0.39, 0.29) is 6.10 Å².